The van der Waals surface area contributed by atoms with E-state index >= 15 is 0 Å². The second-order valence-corrected chi connectivity index (χ2v) is 13.3. The van der Waals surface area contributed by atoms with Crippen LogP contribution >= 0.6 is 0 Å². The summed E-state index contributed by atoms with van der Waals surface area (Å²) >= 11 is 0. The molecule has 0 amide bonds. The quantitative estimate of drug-likeness (QED) is 0.121. The van der Waals surface area contributed by atoms with Crippen molar-refractivity contribution in [3.05, 3.63) is 35.9 Å². The molecule has 0 radical (unpaired) electrons. The first-order valence-electron chi connectivity index (χ1n) is 12.1. The molecule has 1 aliphatic carbocycles. The van der Waals surface area contributed by atoms with Gasteiger partial charge < -0.3 is 5.53 Å². The summed E-state index contributed by atoms with van der Waals surface area (Å²) in [5, 5.41) is -0.814. The number of rotatable bonds is 12. The van der Waals surface area contributed by atoms with Crippen molar-refractivity contribution < 1.29 is 21.6 Å². The van der Waals surface area contributed by atoms with Gasteiger partial charge in [0.1, 0.15) is 0 Å². The molecule has 0 N–H and O–H groups in total. The van der Waals surface area contributed by atoms with Gasteiger partial charge in [0.2, 0.25) is 0 Å². The van der Waals surface area contributed by atoms with Gasteiger partial charge in [-0.05, 0) is 43.7 Å². The van der Waals surface area contributed by atoms with Crippen molar-refractivity contribution in [1.29, 1.82) is 0 Å². The minimum Gasteiger partial charge on any atom is -0.359 e. The summed E-state index contributed by atoms with van der Waals surface area (Å²) in [5.41, 5.74) is 9.32. The highest BCUT2D eigenvalue weighted by Crippen LogP contribution is 2.33. The van der Waals surface area contributed by atoms with Crippen LogP contribution < -0.4 is 0 Å². The molecule has 1 fully saturated rings. The van der Waals surface area contributed by atoms with Crippen LogP contribution in [-0.2, 0) is 19.7 Å². The summed E-state index contributed by atoms with van der Waals surface area (Å²) in [7, 11) is -8.62. The van der Waals surface area contributed by atoms with E-state index in [1.54, 1.807) is 6.07 Å². The molecule has 1 aromatic rings. The molecule has 32 heavy (non-hydrogen) atoms. The van der Waals surface area contributed by atoms with Gasteiger partial charge in [-0.25, -0.2) is 16.8 Å². The third-order valence-corrected chi connectivity index (χ3v) is 11.3. The topological polar surface area (TPSA) is 105 Å². The average molecular weight is 483 g/mol. The summed E-state index contributed by atoms with van der Waals surface area (Å²) in [4.78, 5) is 2.56. The van der Waals surface area contributed by atoms with Crippen molar-refractivity contribution in [3.8, 4) is 0 Å². The molecule has 0 bridgehead atoms. The fraction of sp³-hybridized carbons (Fsp3) is 0.708. The van der Waals surface area contributed by atoms with Crippen LogP contribution in [0.15, 0.2) is 35.2 Å². The van der Waals surface area contributed by atoms with Crippen molar-refractivity contribution in [2.75, 3.05) is 0 Å². The van der Waals surface area contributed by atoms with E-state index in [1.807, 2.05) is 0 Å². The maximum atomic E-state index is 13.0. The van der Waals surface area contributed by atoms with E-state index in [9.17, 15) is 22.4 Å². The van der Waals surface area contributed by atoms with Gasteiger partial charge in [-0.2, -0.15) is 0 Å². The lowest BCUT2D eigenvalue weighted by molar-refractivity contribution is 0.00368. The van der Waals surface area contributed by atoms with E-state index < -0.39 is 29.3 Å². The molecule has 0 heterocycles. The second kappa shape index (κ2) is 13.3. The smallest absolute Gasteiger partial charge is 0.359 e. The van der Waals surface area contributed by atoms with Gasteiger partial charge in [0.15, 0.2) is 0 Å². The zero-order valence-electron chi connectivity index (χ0n) is 19.3. The van der Waals surface area contributed by atoms with Crippen molar-refractivity contribution in [3.63, 3.8) is 0 Å². The molecule has 0 unspecified atom stereocenters. The highest BCUT2D eigenvalue weighted by molar-refractivity contribution is 8.31. The first-order chi connectivity index (χ1) is 15.3. The van der Waals surface area contributed by atoms with E-state index in [-0.39, 0.29) is 4.90 Å². The van der Waals surface area contributed by atoms with E-state index in [1.165, 1.54) is 82.1 Å². The van der Waals surface area contributed by atoms with E-state index in [4.69, 9.17) is 0 Å². The first kappa shape index (κ1) is 26.7. The van der Waals surface area contributed by atoms with Crippen LogP contribution in [0.3, 0.4) is 0 Å². The Labute approximate surface area is 194 Å². The van der Waals surface area contributed by atoms with Gasteiger partial charge in [-0.15, -0.1) is 4.79 Å². The Bertz CT molecular complexity index is 945. The maximum Gasteiger partial charge on any atom is 0.499 e. The summed E-state index contributed by atoms with van der Waals surface area (Å²) < 4.78 is 50.4. The van der Waals surface area contributed by atoms with Gasteiger partial charge in [-0.1, -0.05) is 89.3 Å². The summed E-state index contributed by atoms with van der Waals surface area (Å²) in [6.07, 6.45) is 15.0. The van der Waals surface area contributed by atoms with E-state index in [2.05, 4.69) is 11.7 Å². The molecule has 1 aromatic carbocycles. The molecule has 0 aromatic heterocycles. The number of hydrogen-bond acceptors (Lipinski definition) is 4. The van der Waals surface area contributed by atoms with Gasteiger partial charge in [0.25, 0.3) is 19.7 Å². The molecule has 0 spiro atoms. The first-order valence-corrected chi connectivity index (χ1v) is 15.1. The third kappa shape index (κ3) is 7.53. The monoisotopic (exact) mass is 482 g/mol. The normalized spacial score (nSPS) is 19.4. The molecule has 8 heteroatoms. The van der Waals surface area contributed by atoms with E-state index in [0.717, 1.165) is 19.3 Å². The Morgan fingerprint density at radius 3 is 1.91 bits per heavy atom. The lowest BCUT2D eigenvalue weighted by atomic mass is 9.85. The zero-order valence-corrected chi connectivity index (χ0v) is 20.9. The predicted octanol–water partition coefficient (Wildman–Crippen LogP) is 5.94. The molecule has 180 valence electrons. The summed E-state index contributed by atoms with van der Waals surface area (Å²) in [6.45, 7) is 2.23. The highest BCUT2D eigenvalue weighted by Gasteiger charge is 2.47. The molecule has 0 aliphatic heterocycles. The van der Waals surface area contributed by atoms with Crippen molar-refractivity contribution in [2.24, 2.45) is 5.92 Å². The standard InChI is InChI=1S/C24H38N2O4S2/c1-2-3-4-5-6-7-8-9-11-14-21-17-19-23(20-18-21)32(29,30)24(26-25)31(27,28)22-15-12-10-13-16-22/h10,12-13,15-16,21,23H,2-9,11,14,17-20H2,1H3. The molecule has 6 nitrogen and oxygen atoms in total. The summed E-state index contributed by atoms with van der Waals surface area (Å²) in [5.74, 6) is 0.492. The Morgan fingerprint density at radius 1 is 0.844 bits per heavy atom. The SMILES string of the molecule is CCCCCCCCCCCC1CCC(S(=O)(=O)C(=[N+]=[N-])S(=O)(=O)c2ccccc2)CC1. The minimum absolute atomic E-state index is 0.185. The van der Waals surface area contributed by atoms with Crippen LogP contribution in [0.1, 0.15) is 96.8 Å². The molecular weight excluding hydrogens is 444 g/mol. The minimum atomic E-state index is -4.39. The van der Waals surface area contributed by atoms with Crippen LogP contribution in [0.25, 0.3) is 5.53 Å². The van der Waals surface area contributed by atoms with Gasteiger partial charge in [0.05, 0.1) is 10.1 Å². The largest absolute Gasteiger partial charge is 0.499 e. The molecule has 0 atom stereocenters. The Kier molecular flexibility index (Phi) is 11.1. The van der Waals surface area contributed by atoms with Crippen molar-refractivity contribution in [1.82, 2.24) is 0 Å². The van der Waals surface area contributed by atoms with Gasteiger partial charge in [0, 0.05) is 0 Å². The van der Waals surface area contributed by atoms with Crippen LogP contribution in [-0.4, -0.2) is 31.3 Å². The molecule has 1 aliphatic rings. The zero-order chi connectivity index (χ0) is 23.5. The Balaban J connectivity index is 1.80. The molecule has 0 saturated heterocycles. The lowest BCUT2D eigenvalue weighted by Crippen LogP contribution is -2.36. The number of unbranched alkanes of at least 4 members (excludes halogenated alkanes) is 8. The number of hydrogen-bond donors (Lipinski definition) is 0. The van der Waals surface area contributed by atoms with Crippen LogP contribution in [0, 0.1) is 5.92 Å². The van der Waals surface area contributed by atoms with Crippen LogP contribution in [0.5, 0.6) is 0 Å². The van der Waals surface area contributed by atoms with Crippen LogP contribution in [0.4, 0.5) is 0 Å². The number of benzene rings is 1. The molecular formula is C24H38N2O4S2. The Hall–Kier alpha value is -1.50. The van der Waals surface area contributed by atoms with Gasteiger partial charge >= 0.3 is 4.38 Å². The van der Waals surface area contributed by atoms with Crippen molar-refractivity contribution >= 4 is 24.1 Å². The Morgan fingerprint density at radius 2 is 1.38 bits per heavy atom. The summed E-state index contributed by atoms with van der Waals surface area (Å²) in [6, 6.07) is 7.26. The average Bonchev–Trinajstić information content (AvgIpc) is 2.79. The molecule has 1 saturated carbocycles. The van der Waals surface area contributed by atoms with Crippen molar-refractivity contribution in [2.45, 2.75) is 107 Å². The second-order valence-electron chi connectivity index (χ2n) is 8.99. The van der Waals surface area contributed by atoms with Crippen LogP contribution in [0.2, 0.25) is 0 Å². The highest BCUT2D eigenvalue weighted by atomic mass is 32.3. The number of nitrogens with zero attached hydrogens (tertiary/aromatic N) is 2. The third-order valence-electron chi connectivity index (χ3n) is 6.56. The van der Waals surface area contributed by atoms with Gasteiger partial charge in [-0.3, -0.25) is 0 Å². The lowest BCUT2D eigenvalue weighted by Gasteiger charge is -2.27. The maximum absolute atomic E-state index is 13.0. The number of sulfone groups is 2. The fourth-order valence-electron chi connectivity index (χ4n) is 4.58. The van der Waals surface area contributed by atoms with E-state index in [0.29, 0.717) is 18.8 Å². The molecule has 2 rings (SSSR count). The predicted molar refractivity (Wildman–Crippen MR) is 129 cm³/mol. The fourth-order valence-corrected chi connectivity index (χ4v) is 8.62.